The fraction of sp³-hybridized carbons (Fsp3) is 0.808. The van der Waals surface area contributed by atoms with Gasteiger partial charge in [-0.2, -0.15) is 0 Å². The Balaban J connectivity index is 2.05. The number of hydrogen-bond acceptors (Lipinski definition) is 10. The van der Waals surface area contributed by atoms with Crippen LogP contribution in [0.3, 0.4) is 0 Å². The molecule has 3 heterocycles. The van der Waals surface area contributed by atoms with Crippen LogP contribution in [0.5, 0.6) is 0 Å². The van der Waals surface area contributed by atoms with Crippen LogP contribution in [-0.4, -0.2) is 89.2 Å². The van der Waals surface area contributed by atoms with Crippen LogP contribution in [0.15, 0.2) is 21.9 Å². The Bertz CT molecular complexity index is 1110. The summed E-state index contributed by atoms with van der Waals surface area (Å²) in [6.07, 6.45) is -3.08. The average molecular weight is 618 g/mol. The molecule has 0 bridgehead atoms. The van der Waals surface area contributed by atoms with E-state index in [1.807, 2.05) is 0 Å². The van der Waals surface area contributed by atoms with E-state index in [1.165, 1.54) is 16.8 Å². The molecule has 1 aromatic heterocycles. The number of aliphatic hydroxyl groups is 1. The number of aliphatic hydroxyl groups excluding tert-OH is 1. The summed E-state index contributed by atoms with van der Waals surface area (Å²) in [6, 6.07) is 1.21. The first-order chi connectivity index (χ1) is 19.3. The van der Waals surface area contributed by atoms with Gasteiger partial charge in [-0.25, -0.2) is 9.59 Å². The Morgan fingerprint density at radius 1 is 1.07 bits per heavy atom. The zero-order chi connectivity index (χ0) is 30.5. The second-order valence-corrected chi connectivity index (χ2v) is 20.6. The molecular weight excluding hydrogens is 570 g/mol. The van der Waals surface area contributed by atoms with Gasteiger partial charge in [0.05, 0.1) is 26.4 Å². The highest BCUT2D eigenvalue weighted by atomic mass is 28.5. The number of alkyl carbamates (subject to hydrolysis) is 1. The number of aromatic nitrogens is 2. The monoisotopic (exact) mass is 617 g/mol. The van der Waals surface area contributed by atoms with Gasteiger partial charge in [0.1, 0.15) is 12.2 Å². The number of rotatable bonds is 11. The molecule has 2 saturated heterocycles. The lowest BCUT2D eigenvalue weighted by Crippen LogP contribution is -2.66. The largest absolute Gasteiger partial charge is 0.439 e. The molecule has 41 heavy (non-hydrogen) atoms. The summed E-state index contributed by atoms with van der Waals surface area (Å²) in [5.74, 6) is 0. The van der Waals surface area contributed by atoms with E-state index >= 15 is 0 Å². The number of carbonyl (C=O) groups excluding carboxylic acids is 1. The molecule has 1 aromatic rings. The van der Waals surface area contributed by atoms with Crippen LogP contribution < -0.4 is 16.6 Å². The van der Waals surface area contributed by atoms with Crippen LogP contribution in [0.25, 0.3) is 0 Å². The molecule has 15 heteroatoms. The lowest BCUT2D eigenvalue weighted by atomic mass is 10.1. The van der Waals surface area contributed by atoms with E-state index in [2.05, 4.69) is 65.7 Å². The second kappa shape index (κ2) is 14.1. The van der Waals surface area contributed by atoms with E-state index in [-0.39, 0.29) is 55.1 Å². The van der Waals surface area contributed by atoms with Crippen LogP contribution in [0, 0.1) is 0 Å². The molecule has 0 spiro atoms. The van der Waals surface area contributed by atoms with E-state index in [1.54, 1.807) is 0 Å². The molecule has 0 aliphatic carbocycles. The van der Waals surface area contributed by atoms with Gasteiger partial charge in [-0.3, -0.25) is 14.3 Å². The summed E-state index contributed by atoms with van der Waals surface area (Å²) in [6.45, 7) is 17.3. The fourth-order valence-electron chi connectivity index (χ4n) is 5.66. The third-order valence-corrected chi connectivity index (χ3v) is 18.0. The predicted octanol–water partition coefficient (Wildman–Crippen LogP) is 2.49. The quantitative estimate of drug-likeness (QED) is 0.249. The standard InChI is InChI=1S/C26H47N3O10Si2/c1-16(2)40(17(3)4)35-15-20-22(38-41(39-40,18(5)6)19(7)8)23(37-26(33)27-10-13-34-14-12-30)24(36-20)29-11-9-21(31)28-25(29)32/h9,11,16-20,22-24,30H,10,12-15H2,1-8H3,(H,27,33)(H,28,31,32)/t20-,22-,23-,24-/m1/s1. The Morgan fingerprint density at radius 2 is 1.71 bits per heavy atom. The maximum Gasteiger partial charge on any atom is 0.407 e. The Labute approximate surface area is 243 Å². The molecule has 3 N–H and O–H groups in total. The van der Waals surface area contributed by atoms with Crippen molar-refractivity contribution in [2.75, 3.05) is 33.0 Å². The van der Waals surface area contributed by atoms with Crippen molar-refractivity contribution in [1.82, 2.24) is 14.9 Å². The van der Waals surface area contributed by atoms with Crippen LogP contribution in [0.1, 0.15) is 61.6 Å². The van der Waals surface area contributed by atoms with E-state index in [0.717, 1.165) is 0 Å². The molecule has 3 rings (SSSR count). The van der Waals surface area contributed by atoms with Crippen molar-refractivity contribution in [3.8, 4) is 0 Å². The molecule has 0 saturated carbocycles. The SMILES string of the molecule is CC(C)[Si]1(C(C)C)OC[C@H]2O[C@@H](n3ccc(=O)[nH]c3=O)[C@H](OC(=O)NCCOCCO)[C@@H]2O[Si](C(C)C)(C(C)C)O1. The molecular formula is C26H47N3O10Si2. The number of aromatic amines is 1. The summed E-state index contributed by atoms with van der Waals surface area (Å²) in [4.78, 5) is 39.8. The van der Waals surface area contributed by atoms with E-state index in [4.69, 9.17) is 32.3 Å². The fourth-order valence-corrected chi connectivity index (χ4v) is 16.9. The van der Waals surface area contributed by atoms with Gasteiger partial charge in [0.15, 0.2) is 12.3 Å². The maximum atomic E-state index is 12.9. The number of fused-ring (bicyclic) bond motifs is 1. The van der Waals surface area contributed by atoms with Gasteiger partial charge in [-0.05, 0) is 22.2 Å². The molecule has 2 aliphatic rings. The smallest absolute Gasteiger partial charge is 0.407 e. The first kappa shape index (κ1) is 33.6. The van der Waals surface area contributed by atoms with Crippen molar-refractivity contribution in [1.29, 1.82) is 0 Å². The Morgan fingerprint density at radius 3 is 2.27 bits per heavy atom. The lowest BCUT2D eigenvalue weighted by molar-refractivity contribution is -0.0609. The van der Waals surface area contributed by atoms with Crippen molar-refractivity contribution in [3.63, 3.8) is 0 Å². The van der Waals surface area contributed by atoms with Crippen molar-refractivity contribution >= 4 is 23.2 Å². The molecule has 2 fully saturated rings. The molecule has 0 aromatic carbocycles. The highest BCUT2D eigenvalue weighted by Crippen LogP contribution is 2.48. The zero-order valence-electron chi connectivity index (χ0n) is 25.4. The van der Waals surface area contributed by atoms with Gasteiger partial charge in [-0.15, -0.1) is 0 Å². The van der Waals surface area contributed by atoms with Crippen molar-refractivity contribution in [3.05, 3.63) is 33.1 Å². The molecule has 1 amide bonds. The summed E-state index contributed by atoms with van der Waals surface area (Å²) in [7, 11) is -5.95. The van der Waals surface area contributed by atoms with Crippen molar-refractivity contribution < 1.29 is 37.1 Å². The van der Waals surface area contributed by atoms with E-state index < -0.39 is 59.0 Å². The Kier molecular flexibility index (Phi) is 11.6. The number of H-pyrrole nitrogens is 1. The third kappa shape index (κ3) is 7.21. The highest BCUT2D eigenvalue weighted by Gasteiger charge is 2.62. The van der Waals surface area contributed by atoms with E-state index in [0.29, 0.717) is 0 Å². The summed E-state index contributed by atoms with van der Waals surface area (Å²) in [5, 5.41) is 11.5. The molecule has 2 aliphatic heterocycles. The molecule has 13 nitrogen and oxygen atoms in total. The van der Waals surface area contributed by atoms with Crippen LogP contribution in [-0.2, 0) is 27.2 Å². The average Bonchev–Trinajstić information content (AvgIpc) is 3.18. The van der Waals surface area contributed by atoms with Gasteiger partial charge in [0.2, 0.25) is 0 Å². The first-order valence-corrected chi connectivity index (χ1v) is 18.3. The van der Waals surface area contributed by atoms with E-state index in [9.17, 15) is 14.4 Å². The highest BCUT2D eigenvalue weighted by molar-refractivity contribution is 6.84. The summed E-state index contributed by atoms with van der Waals surface area (Å²) < 4.78 is 39.8. The van der Waals surface area contributed by atoms with Crippen LogP contribution in [0.2, 0.25) is 22.2 Å². The van der Waals surface area contributed by atoms with Gasteiger partial charge < -0.3 is 37.6 Å². The van der Waals surface area contributed by atoms with Crippen LogP contribution >= 0.6 is 0 Å². The topological polar surface area (TPSA) is 160 Å². The second-order valence-electron chi connectivity index (χ2n) is 11.8. The number of nitrogens with one attached hydrogen (secondary N) is 2. The lowest BCUT2D eigenvalue weighted by Gasteiger charge is -2.51. The summed E-state index contributed by atoms with van der Waals surface area (Å²) in [5.41, 5.74) is -0.986. The maximum absolute atomic E-state index is 12.9. The van der Waals surface area contributed by atoms with Crippen molar-refractivity contribution in [2.24, 2.45) is 0 Å². The normalized spacial score (nSPS) is 25.8. The number of hydrogen-bond donors (Lipinski definition) is 3. The molecule has 0 unspecified atom stereocenters. The minimum absolute atomic E-state index is 0.0160. The number of amides is 1. The Hall–Kier alpha value is -1.86. The minimum atomic E-state index is -3.10. The third-order valence-electron chi connectivity index (χ3n) is 7.74. The van der Waals surface area contributed by atoms with Crippen molar-refractivity contribution in [2.45, 2.75) is 102 Å². The van der Waals surface area contributed by atoms with Crippen LogP contribution in [0.4, 0.5) is 4.79 Å². The number of carbonyl (C=O) groups is 1. The predicted molar refractivity (Wildman–Crippen MR) is 155 cm³/mol. The van der Waals surface area contributed by atoms with Gasteiger partial charge >= 0.3 is 28.9 Å². The molecule has 234 valence electrons. The molecule has 4 atom stereocenters. The number of nitrogens with zero attached hydrogens (tertiary/aromatic N) is 1. The molecule has 0 radical (unpaired) electrons. The minimum Gasteiger partial charge on any atom is -0.439 e. The number of ether oxygens (including phenoxy) is 3. The van der Waals surface area contributed by atoms with Gasteiger partial charge in [-0.1, -0.05) is 55.4 Å². The van der Waals surface area contributed by atoms with Gasteiger partial charge in [0, 0.05) is 18.8 Å². The first-order valence-electron chi connectivity index (χ1n) is 14.4. The zero-order valence-corrected chi connectivity index (χ0v) is 27.4. The summed E-state index contributed by atoms with van der Waals surface area (Å²) >= 11 is 0. The van der Waals surface area contributed by atoms with Gasteiger partial charge in [0.25, 0.3) is 5.56 Å².